The second kappa shape index (κ2) is 6.54. The Kier molecular flexibility index (Phi) is 4.29. The van der Waals surface area contributed by atoms with E-state index in [-0.39, 0.29) is 5.69 Å². The van der Waals surface area contributed by atoms with Gasteiger partial charge in [-0.15, -0.1) is 0 Å². The molecule has 0 aliphatic heterocycles. The number of carboxylic acid groups (broad SMARTS) is 1. The monoisotopic (exact) mass is 322 g/mol. The van der Waals surface area contributed by atoms with E-state index in [2.05, 4.69) is 33.3 Å². The van der Waals surface area contributed by atoms with Crippen LogP contribution in [0, 0.1) is 6.92 Å². The molecule has 2 aromatic heterocycles. The number of anilines is 2. The molecule has 0 amide bonds. The highest BCUT2D eigenvalue weighted by Gasteiger charge is 2.12. The maximum atomic E-state index is 11.0. The van der Waals surface area contributed by atoms with Gasteiger partial charge < -0.3 is 15.4 Å². The van der Waals surface area contributed by atoms with Crippen LogP contribution in [0.1, 0.15) is 28.5 Å². The molecule has 0 atom stereocenters. The second-order valence-corrected chi connectivity index (χ2v) is 5.47. The molecule has 0 aliphatic carbocycles. The maximum Gasteiger partial charge on any atom is 0.352 e. The molecule has 3 aromatic rings. The van der Waals surface area contributed by atoms with Gasteiger partial charge in [-0.05, 0) is 36.6 Å². The highest BCUT2D eigenvalue weighted by Crippen LogP contribution is 2.25. The summed E-state index contributed by atoms with van der Waals surface area (Å²) in [5.74, 6) is -0.516. The number of nitrogens with one attached hydrogen (secondary N) is 2. The molecule has 6 nitrogen and oxygen atoms in total. The number of aryl methyl sites for hydroxylation is 2. The summed E-state index contributed by atoms with van der Waals surface area (Å²) in [5, 5.41) is 12.3. The summed E-state index contributed by atoms with van der Waals surface area (Å²) >= 11 is 0. The van der Waals surface area contributed by atoms with Crippen molar-refractivity contribution in [3.8, 4) is 11.3 Å². The highest BCUT2D eigenvalue weighted by molar-refractivity contribution is 5.87. The average Bonchev–Trinajstić information content (AvgIpc) is 3.07. The quantitative estimate of drug-likeness (QED) is 0.665. The van der Waals surface area contributed by atoms with E-state index in [9.17, 15) is 4.79 Å². The van der Waals surface area contributed by atoms with E-state index in [4.69, 9.17) is 5.11 Å². The van der Waals surface area contributed by atoms with Crippen molar-refractivity contribution in [1.29, 1.82) is 0 Å². The number of carbonyl (C=O) groups is 1. The van der Waals surface area contributed by atoms with Crippen LogP contribution < -0.4 is 5.32 Å². The number of aromatic carboxylic acids is 1. The number of H-pyrrole nitrogens is 1. The molecule has 1 aromatic carbocycles. The zero-order chi connectivity index (χ0) is 17.1. The lowest BCUT2D eigenvalue weighted by Crippen LogP contribution is -2.01. The van der Waals surface area contributed by atoms with Crippen LogP contribution in [-0.2, 0) is 6.42 Å². The van der Waals surface area contributed by atoms with Gasteiger partial charge in [-0.25, -0.2) is 14.8 Å². The summed E-state index contributed by atoms with van der Waals surface area (Å²) < 4.78 is 0. The Hall–Kier alpha value is -3.15. The van der Waals surface area contributed by atoms with E-state index in [1.165, 1.54) is 5.56 Å². The predicted molar refractivity (Wildman–Crippen MR) is 92.6 cm³/mol. The molecule has 0 fully saturated rings. The van der Waals surface area contributed by atoms with E-state index >= 15 is 0 Å². The normalized spacial score (nSPS) is 10.6. The molecule has 0 bridgehead atoms. The Morgan fingerprint density at radius 2 is 2.12 bits per heavy atom. The smallest absolute Gasteiger partial charge is 0.352 e. The average molecular weight is 322 g/mol. The molecule has 3 N–H and O–H groups in total. The summed E-state index contributed by atoms with van der Waals surface area (Å²) in [6, 6.07) is 9.57. The van der Waals surface area contributed by atoms with Gasteiger partial charge in [-0.2, -0.15) is 0 Å². The summed E-state index contributed by atoms with van der Waals surface area (Å²) in [5.41, 5.74) is 4.58. The Labute approximate surface area is 139 Å². The fourth-order valence-electron chi connectivity index (χ4n) is 2.52. The van der Waals surface area contributed by atoms with Crippen molar-refractivity contribution in [2.24, 2.45) is 0 Å². The fraction of sp³-hybridized carbons (Fsp3) is 0.167. The number of aromatic amines is 1. The van der Waals surface area contributed by atoms with Gasteiger partial charge in [0, 0.05) is 23.6 Å². The first-order chi connectivity index (χ1) is 11.6. The van der Waals surface area contributed by atoms with Gasteiger partial charge in [0.2, 0.25) is 5.95 Å². The number of benzene rings is 1. The van der Waals surface area contributed by atoms with Crippen molar-refractivity contribution in [2.75, 3.05) is 5.32 Å². The highest BCUT2D eigenvalue weighted by atomic mass is 16.4. The number of nitrogens with zero attached hydrogens (tertiary/aromatic N) is 2. The van der Waals surface area contributed by atoms with Gasteiger partial charge in [0.25, 0.3) is 0 Å². The third kappa shape index (κ3) is 3.12. The van der Waals surface area contributed by atoms with Crippen molar-refractivity contribution < 1.29 is 9.90 Å². The first-order valence-electron chi connectivity index (χ1n) is 7.69. The number of rotatable bonds is 5. The Morgan fingerprint density at radius 3 is 2.83 bits per heavy atom. The first-order valence-corrected chi connectivity index (χ1v) is 7.69. The third-order valence-electron chi connectivity index (χ3n) is 3.80. The number of hydrogen-bond acceptors (Lipinski definition) is 4. The van der Waals surface area contributed by atoms with Crippen LogP contribution in [0.3, 0.4) is 0 Å². The van der Waals surface area contributed by atoms with E-state index in [1.807, 2.05) is 25.1 Å². The number of hydrogen-bond donors (Lipinski definition) is 3. The minimum atomic E-state index is -0.997. The van der Waals surface area contributed by atoms with Gasteiger partial charge in [0.05, 0.1) is 5.69 Å². The molecular weight excluding hydrogens is 304 g/mol. The molecule has 3 rings (SSSR count). The van der Waals surface area contributed by atoms with Crippen LogP contribution in [0.4, 0.5) is 11.6 Å². The van der Waals surface area contributed by atoms with E-state index < -0.39 is 5.97 Å². The second-order valence-electron chi connectivity index (χ2n) is 5.47. The topological polar surface area (TPSA) is 90.9 Å². The van der Waals surface area contributed by atoms with Crippen LogP contribution in [0.5, 0.6) is 0 Å². The van der Waals surface area contributed by atoms with Gasteiger partial charge in [-0.1, -0.05) is 25.1 Å². The fourth-order valence-corrected chi connectivity index (χ4v) is 2.52. The van der Waals surface area contributed by atoms with Crippen molar-refractivity contribution in [3.63, 3.8) is 0 Å². The van der Waals surface area contributed by atoms with Gasteiger partial charge in [0.1, 0.15) is 5.69 Å². The van der Waals surface area contributed by atoms with Gasteiger partial charge in [-0.3, -0.25) is 0 Å². The minimum Gasteiger partial charge on any atom is -0.477 e. The van der Waals surface area contributed by atoms with Crippen LogP contribution in [0.15, 0.2) is 42.7 Å². The molecular formula is C18H18N4O2. The third-order valence-corrected chi connectivity index (χ3v) is 3.80. The minimum absolute atomic E-state index is 0.133. The van der Waals surface area contributed by atoms with Gasteiger partial charge >= 0.3 is 5.97 Å². The summed E-state index contributed by atoms with van der Waals surface area (Å²) in [7, 11) is 0. The Morgan fingerprint density at radius 1 is 1.33 bits per heavy atom. The van der Waals surface area contributed by atoms with E-state index in [1.54, 1.807) is 18.5 Å². The summed E-state index contributed by atoms with van der Waals surface area (Å²) in [6.45, 7) is 3.99. The van der Waals surface area contributed by atoms with Crippen molar-refractivity contribution in [2.45, 2.75) is 20.3 Å². The SMILES string of the molecule is CCc1ccccc1Nc1ncc(C)c(-c2c[nH]c(C(=O)O)c2)n1. The molecule has 0 saturated heterocycles. The van der Waals surface area contributed by atoms with Crippen LogP contribution in [0.2, 0.25) is 0 Å². The lowest BCUT2D eigenvalue weighted by atomic mass is 10.1. The molecule has 6 heteroatoms. The predicted octanol–water partition coefficient (Wildman–Crippen LogP) is 3.78. The van der Waals surface area contributed by atoms with E-state index in [0.29, 0.717) is 11.6 Å². The molecule has 0 aliphatic rings. The Balaban J connectivity index is 1.95. The van der Waals surface area contributed by atoms with Crippen molar-refractivity contribution in [1.82, 2.24) is 15.0 Å². The summed E-state index contributed by atoms with van der Waals surface area (Å²) in [6.07, 6.45) is 4.27. The van der Waals surface area contributed by atoms with Crippen molar-refractivity contribution in [3.05, 3.63) is 59.5 Å². The molecule has 0 unspecified atom stereocenters. The largest absolute Gasteiger partial charge is 0.477 e. The number of aromatic nitrogens is 3. The Bertz CT molecular complexity index is 886. The maximum absolute atomic E-state index is 11.0. The number of carboxylic acids is 1. The lowest BCUT2D eigenvalue weighted by molar-refractivity contribution is 0.0691. The molecule has 2 heterocycles. The van der Waals surface area contributed by atoms with Crippen molar-refractivity contribution >= 4 is 17.6 Å². The molecule has 0 saturated carbocycles. The molecule has 24 heavy (non-hydrogen) atoms. The van der Waals surface area contributed by atoms with E-state index in [0.717, 1.165) is 23.2 Å². The molecule has 0 spiro atoms. The molecule has 122 valence electrons. The van der Waals surface area contributed by atoms with Crippen LogP contribution in [-0.4, -0.2) is 26.0 Å². The number of para-hydroxylation sites is 1. The zero-order valence-electron chi connectivity index (χ0n) is 13.5. The van der Waals surface area contributed by atoms with Gasteiger partial charge in [0.15, 0.2) is 0 Å². The molecule has 0 radical (unpaired) electrons. The first kappa shape index (κ1) is 15.7. The van der Waals surface area contributed by atoms with Crippen LogP contribution in [0.25, 0.3) is 11.3 Å². The summed E-state index contributed by atoms with van der Waals surface area (Å²) in [4.78, 5) is 22.6. The lowest BCUT2D eigenvalue weighted by Gasteiger charge is -2.11. The van der Waals surface area contributed by atoms with Crippen LogP contribution >= 0.6 is 0 Å². The zero-order valence-corrected chi connectivity index (χ0v) is 13.5. The standard InChI is InChI=1S/C18H18N4O2/c1-3-12-6-4-5-7-14(12)21-18-20-9-11(2)16(22-18)13-8-15(17(23)24)19-10-13/h4-10,19H,3H2,1-2H3,(H,23,24)(H,20,21,22).